The smallest absolute Gasteiger partial charge is 0.134 e. The second kappa shape index (κ2) is 2.64. The first-order valence-electron chi connectivity index (χ1n) is 3.36. The number of hydrogen-bond donors (Lipinski definition) is 2. The molecule has 0 aromatic rings. The Morgan fingerprint density at radius 1 is 1.56 bits per heavy atom. The van der Waals surface area contributed by atoms with E-state index in [0.717, 1.165) is 13.0 Å². The van der Waals surface area contributed by atoms with Crippen molar-refractivity contribution in [2.75, 3.05) is 13.1 Å². The fourth-order valence-corrected chi connectivity index (χ4v) is 1.06. The van der Waals surface area contributed by atoms with Crippen molar-refractivity contribution in [3.05, 3.63) is 0 Å². The molecule has 3 nitrogen and oxygen atoms in total. The quantitative estimate of drug-likeness (QED) is 0.525. The monoisotopic (exact) mass is 131 g/mol. The van der Waals surface area contributed by atoms with Crippen LogP contribution in [-0.4, -0.2) is 40.5 Å². The van der Waals surface area contributed by atoms with E-state index in [9.17, 15) is 0 Å². The molecule has 0 aromatic carbocycles. The van der Waals surface area contributed by atoms with Gasteiger partial charge in [0.1, 0.15) is 12.3 Å². The minimum absolute atomic E-state index is 0.503. The van der Waals surface area contributed by atoms with Crippen molar-refractivity contribution >= 4 is 0 Å². The number of likely N-dealkylation sites (tertiary alicyclic amines) is 1. The largest absolute Gasteiger partial charge is 0.388 e. The minimum atomic E-state index is -0.593. The van der Waals surface area contributed by atoms with Crippen LogP contribution < -0.4 is 0 Å². The highest BCUT2D eigenvalue weighted by molar-refractivity contribution is 4.82. The lowest BCUT2D eigenvalue weighted by molar-refractivity contribution is -0.169. The van der Waals surface area contributed by atoms with E-state index in [0.29, 0.717) is 6.54 Å². The predicted octanol–water partition coefficient (Wildman–Crippen LogP) is -0.609. The molecular weight excluding hydrogens is 118 g/mol. The Kier molecular flexibility index (Phi) is 2.05. The Labute approximate surface area is 54.9 Å². The van der Waals surface area contributed by atoms with Gasteiger partial charge in [0.05, 0.1) is 0 Å². The van der Waals surface area contributed by atoms with Crippen molar-refractivity contribution in [3.8, 4) is 0 Å². The first-order chi connectivity index (χ1) is 4.25. The van der Waals surface area contributed by atoms with Gasteiger partial charge in [0, 0.05) is 13.1 Å². The summed E-state index contributed by atoms with van der Waals surface area (Å²) in [7, 11) is 0. The number of β-amino-alcohol motifs (C(OH)–C–C–N with tert-alkyl or cyclic N) is 1. The van der Waals surface area contributed by atoms with Crippen molar-refractivity contribution in [2.45, 2.75) is 25.7 Å². The molecule has 2 atom stereocenters. The average molecular weight is 131 g/mol. The second-order valence-electron chi connectivity index (χ2n) is 2.48. The zero-order valence-corrected chi connectivity index (χ0v) is 5.62. The van der Waals surface area contributed by atoms with Crippen LogP contribution in [0.3, 0.4) is 0 Å². The lowest BCUT2D eigenvalue weighted by Gasteiger charge is -2.41. The number of aliphatic hydroxyl groups excluding tert-OH is 2. The molecule has 0 amide bonds. The lowest BCUT2D eigenvalue weighted by atomic mass is 10.1. The maximum absolute atomic E-state index is 8.98. The molecule has 9 heavy (non-hydrogen) atoms. The summed E-state index contributed by atoms with van der Waals surface area (Å²) in [6.07, 6.45) is -0.0643. The van der Waals surface area contributed by atoms with Crippen LogP contribution in [0, 0.1) is 0 Å². The first-order valence-corrected chi connectivity index (χ1v) is 3.36. The van der Waals surface area contributed by atoms with Gasteiger partial charge >= 0.3 is 0 Å². The van der Waals surface area contributed by atoms with E-state index in [1.54, 1.807) is 0 Å². The van der Waals surface area contributed by atoms with Gasteiger partial charge in [-0.15, -0.1) is 0 Å². The zero-order chi connectivity index (χ0) is 6.85. The highest BCUT2D eigenvalue weighted by Crippen LogP contribution is 2.14. The van der Waals surface area contributed by atoms with Crippen LogP contribution in [-0.2, 0) is 0 Å². The highest BCUT2D eigenvalue weighted by atomic mass is 16.4. The summed E-state index contributed by atoms with van der Waals surface area (Å²) in [4.78, 5) is 1.85. The predicted molar refractivity (Wildman–Crippen MR) is 33.9 cm³/mol. The van der Waals surface area contributed by atoms with Crippen molar-refractivity contribution < 1.29 is 10.2 Å². The molecule has 1 aliphatic rings. The van der Waals surface area contributed by atoms with E-state index < -0.39 is 12.3 Å². The molecule has 0 spiro atoms. The molecule has 3 heteroatoms. The molecule has 1 rings (SSSR count). The van der Waals surface area contributed by atoms with Gasteiger partial charge in [-0.05, 0) is 6.42 Å². The Hall–Kier alpha value is -0.120. The van der Waals surface area contributed by atoms with E-state index in [-0.39, 0.29) is 0 Å². The van der Waals surface area contributed by atoms with Crippen LogP contribution in [0.5, 0.6) is 0 Å². The fourth-order valence-electron chi connectivity index (χ4n) is 1.06. The van der Waals surface area contributed by atoms with Crippen LogP contribution >= 0.6 is 0 Å². The molecule has 1 heterocycles. The standard InChI is InChI=1S/C6H13NO2/c1-2-3-7-4-5(8)6(7)9/h5-6,8-9H,2-4H2,1H3. The van der Waals surface area contributed by atoms with Crippen molar-refractivity contribution in [1.82, 2.24) is 4.90 Å². The maximum Gasteiger partial charge on any atom is 0.134 e. The summed E-state index contributed by atoms with van der Waals surface area (Å²) in [6.45, 7) is 3.57. The van der Waals surface area contributed by atoms with Gasteiger partial charge in [-0.2, -0.15) is 0 Å². The Morgan fingerprint density at radius 2 is 2.22 bits per heavy atom. The molecule has 0 saturated carbocycles. The molecule has 0 radical (unpaired) electrons. The van der Waals surface area contributed by atoms with E-state index >= 15 is 0 Å². The molecule has 0 aromatic heterocycles. The number of rotatable bonds is 2. The van der Waals surface area contributed by atoms with E-state index in [4.69, 9.17) is 10.2 Å². The number of nitrogens with zero attached hydrogens (tertiary/aromatic N) is 1. The fraction of sp³-hybridized carbons (Fsp3) is 1.00. The van der Waals surface area contributed by atoms with Gasteiger partial charge < -0.3 is 10.2 Å². The summed E-state index contributed by atoms with van der Waals surface area (Å²) < 4.78 is 0. The molecule has 0 aliphatic carbocycles. The van der Waals surface area contributed by atoms with Crippen LogP contribution in [0.2, 0.25) is 0 Å². The highest BCUT2D eigenvalue weighted by Gasteiger charge is 2.34. The maximum atomic E-state index is 8.98. The van der Waals surface area contributed by atoms with E-state index in [1.807, 2.05) is 4.90 Å². The minimum Gasteiger partial charge on any atom is -0.388 e. The zero-order valence-electron chi connectivity index (χ0n) is 5.62. The average Bonchev–Trinajstić information content (AvgIpc) is 1.88. The molecule has 1 fully saturated rings. The molecule has 1 aliphatic heterocycles. The van der Waals surface area contributed by atoms with Crippen LogP contribution in [0.15, 0.2) is 0 Å². The molecule has 54 valence electrons. The third-order valence-corrected chi connectivity index (χ3v) is 1.65. The molecule has 2 unspecified atom stereocenters. The lowest BCUT2D eigenvalue weighted by Crippen LogP contribution is -2.59. The van der Waals surface area contributed by atoms with Gasteiger partial charge in [-0.1, -0.05) is 6.92 Å². The molecule has 1 saturated heterocycles. The molecular formula is C6H13NO2. The van der Waals surface area contributed by atoms with Gasteiger partial charge in [0.2, 0.25) is 0 Å². The van der Waals surface area contributed by atoms with Crippen molar-refractivity contribution in [2.24, 2.45) is 0 Å². The SMILES string of the molecule is CCCN1CC(O)C1O. The van der Waals surface area contributed by atoms with Gasteiger partial charge in [-0.25, -0.2) is 0 Å². The molecule has 0 bridgehead atoms. The van der Waals surface area contributed by atoms with Gasteiger partial charge in [0.15, 0.2) is 0 Å². The number of hydrogen-bond acceptors (Lipinski definition) is 3. The summed E-state index contributed by atoms with van der Waals surface area (Å²) >= 11 is 0. The van der Waals surface area contributed by atoms with Crippen molar-refractivity contribution in [1.29, 1.82) is 0 Å². The van der Waals surface area contributed by atoms with Crippen LogP contribution in [0.25, 0.3) is 0 Å². The third kappa shape index (κ3) is 1.23. The Morgan fingerprint density at radius 3 is 2.56 bits per heavy atom. The van der Waals surface area contributed by atoms with Gasteiger partial charge in [-0.3, -0.25) is 4.90 Å². The second-order valence-corrected chi connectivity index (χ2v) is 2.48. The summed E-state index contributed by atoms with van der Waals surface area (Å²) in [5, 5.41) is 17.8. The van der Waals surface area contributed by atoms with Crippen molar-refractivity contribution in [3.63, 3.8) is 0 Å². The topological polar surface area (TPSA) is 43.7 Å². The van der Waals surface area contributed by atoms with Crippen LogP contribution in [0.1, 0.15) is 13.3 Å². The first kappa shape index (κ1) is 6.99. The third-order valence-electron chi connectivity index (χ3n) is 1.65. The summed E-state index contributed by atoms with van der Waals surface area (Å²) in [5.41, 5.74) is 0. The van der Waals surface area contributed by atoms with Crippen LogP contribution in [0.4, 0.5) is 0 Å². The van der Waals surface area contributed by atoms with Gasteiger partial charge in [0.25, 0.3) is 0 Å². The number of aliphatic hydroxyl groups is 2. The van der Waals surface area contributed by atoms with E-state index in [1.165, 1.54) is 0 Å². The van der Waals surface area contributed by atoms with E-state index in [2.05, 4.69) is 6.92 Å². The summed E-state index contributed by atoms with van der Waals surface area (Å²) in [5.74, 6) is 0. The normalized spacial score (nSPS) is 36.3. The summed E-state index contributed by atoms with van der Waals surface area (Å²) in [6, 6.07) is 0. The Bertz CT molecular complexity index is 95.1. The molecule has 2 N–H and O–H groups in total. The Balaban J connectivity index is 2.17.